The van der Waals surface area contributed by atoms with E-state index in [1.807, 2.05) is 0 Å². The second kappa shape index (κ2) is 9.68. The Hall–Kier alpha value is -2.95. The minimum Gasteiger partial charge on any atom is -0.484 e. The monoisotopic (exact) mass is 493 g/mol. The van der Waals surface area contributed by atoms with Crippen LogP contribution in [0.25, 0.3) is 11.5 Å². The van der Waals surface area contributed by atoms with Crippen LogP contribution < -0.4 is 15.0 Å². The number of nitrogens with one attached hydrogen (secondary N) is 2. The van der Waals surface area contributed by atoms with Gasteiger partial charge in [-0.05, 0) is 48.9 Å². The molecule has 1 fully saturated rings. The molecule has 1 aromatic heterocycles. The SMILES string of the molecule is O=C(COc1ccc(Cl)c(F)c1)N[Si]1CC[C@H](c2nnc(-c3ccc(Cl)cc3)o2)NC1=O. The van der Waals surface area contributed by atoms with E-state index in [9.17, 15) is 14.0 Å². The highest BCUT2D eigenvalue weighted by atomic mass is 35.5. The molecular formula is C20H16Cl2FN4O4Si. The maximum Gasteiger partial charge on any atom is 0.280 e. The highest BCUT2D eigenvalue weighted by molar-refractivity contribution is 6.89. The van der Waals surface area contributed by atoms with Gasteiger partial charge in [-0.25, -0.2) is 4.39 Å². The van der Waals surface area contributed by atoms with Crippen LogP contribution >= 0.6 is 23.2 Å². The molecule has 1 saturated heterocycles. The molecule has 2 heterocycles. The summed E-state index contributed by atoms with van der Waals surface area (Å²) in [7, 11) is -1.86. The van der Waals surface area contributed by atoms with Crippen LogP contribution in [-0.4, -0.2) is 37.2 Å². The molecule has 165 valence electrons. The number of carbonyl (C=O) groups excluding carboxylic acids is 2. The molecule has 0 unspecified atom stereocenters. The first kappa shape index (κ1) is 22.2. The van der Waals surface area contributed by atoms with Crippen molar-refractivity contribution in [2.24, 2.45) is 0 Å². The third kappa shape index (κ3) is 5.26. The first-order valence-corrected chi connectivity index (χ1v) is 12.0. The number of hydrogen-bond donors (Lipinski definition) is 2. The zero-order chi connectivity index (χ0) is 22.7. The molecule has 2 aromatic carbocycles. The molecule has 0 bridgehead atoms. The highest BCUT2D eigenvalue weighted by Gasteiger charge is 2.35. The van der Waals surface area contributed by atoms with Gasteiger partial charge in [-0.2, -0.15) is 0 Å². The number of hydrogen-bond acceptors (Lipinski definition) is 6. The molecule has 2 N–H and O–H groups in total. The molecule has 1 radical (unpaired) electrons. The van der Waals surface area contributed by atoms with Gasteiger partial charge in [0.2, 0.25) is 23.2 Å². The summed E-state index contributed by atoms with van der Waals surface area (Å²) in [6.07, 6.45) is 0.534. The molecule has 0 aliphatic carbocycles. The van der Waals surface area contributed by atoms with Crippen molar-refractivity contribution in [3.8, 4) is 17.2 Å². The van der Waals surface area contributed by atoms with Crippen LogP contribution in [-0.2, 0) is 4.79 Å². The second-order valence-corrected chi connectivity index (χ2v) is 9.91. The standard InChI is InChI=1S/C20H16Cl2FN4O4Si/c21-12-3-1-11(2-4-12)18-25-26-19(31-18)16-7-8-32(20(29)24-16)27-17(28)10-30-13-5-6-14(22)15(23)9-13/h1-6,9,16H,7-8,10H2,(H,24,29)(H,27,28)/t16-/m1/s1. The maximum absolute atomic E-state index is 13.4. The van der Waals surface area contributed by atoms with Crippen molar-refractivity contribution in [2.45, 2.75) is 18.5 Å². The third-order valence-corrected chi connectivity index (χ3v) is 7.26. The van der Waals surface area contributed by atoms with Gasteiger partial charge in [0.25, 0.3) is 8.96 Å². The lowest BCUT2D eigenvalue weighted by Crippen LogP contribution is -2.55. The second-order valence-electron chi connectivity index (χ2n) is 6.91. The smallest absolute Gasteiger partial charge is 0.280 e. The van der Waals surface area contributed by atoms with E-state index >= 15 is 0 Å². The van der Waals surface area contributed by atoms with Crippen molar-refractivity contribution < 1.29 is 23.1 Å². The lowest BCUT2D eigenvalue weighted by atomic mass is 10.2. The van der Waals surface area contributed by atoms with E-state index in [0.717, 1.165) is 6.07 Å². The van der Waals surface area contributed by atoms with E-state index in [0.29, 0.717) is 34.8 Å². The van der Waals surface area contributed by atoms with E-state index in [-0.39, 0.29) is 22.9 Å². The molecule has 8 nitrogen and oxygen atoms in total. The number of rotatable bonds is 6. The average Bonchev–Trinajstić information content (AvgIpc) is 3.27. The molecule has 3 aromatic rings. The van der Waals surface area contributed by atoms with Gasteiger partial charge in [0, 0.05) is 16.7 Å². The van der Waals surface area contributed by atoms with Crippen LogP contribution in [0.4, 0.5) is 9.18 Å². The van der Waals surface area contributed by atoms with Gasteiger partial charge in [0.15, 0.2) is 6.61 Å². The average molecular weight is 494 g/mol. The lowest BCUT2D eigenvalue weighted by molar-refractivity contribution is -0.121. The number of amides is 2. The summed E-state index contributed by atoms with van der Waals surface area (Å²) in [6.45, 7) is -0.347. The van der Waals surface area contributed by atoms with E-state index in [2.05, 4.69) is 20.5 Å². The molecule has 2 amide bonds. The Kier molecular flexibility index (Phi) is 6.73. The number of ether oxygens (including phenoxy) is 1. The fourth-order valence-corrected chi connectivity index (χ4v) is 5.07. The summed E-state index contributed by atoms with van der Waals surface area (Å²) < 4.78 is 24.4. The summed E-state index contributed by atoms with van der Waals surface area (Å²) in [6, 6.07) is 10.9. The van der Waals surface area contributed by atoms with Gasteiger partial charge in [0.1, 0.15) is 17.6 Å². The lowest BCUT2D eigenvalue weighted by Gasteiger charge is -2.25. The normalized spacial score (nSPS) is 16.5. The predicted molar refractivity (Wildman–Crippen MR) is 116 cm³/mol. The molecule has 0 saturated carbocycles. The Morgan fingerprint density at radius 2 is 2.03 bits per heavy atom. The number of carbonyl (C=O) groups is 2. The van der Waals surface area contributed by atoms with Gasteiger partial charge in [-0.15, -0.1) is 10.2 Å². The topological polar surface area (TPSA) is 106 Å². The highest BCUT2D eigenvalue weighted by Crippen LogP contribution is 2.27. The molecule has 1 aliphatic heterocycles. The quantitative estimate of drug-likeness (QED) is 0.500. The molecule has 0 spiro atoms. The maximum atomic E-state index is 13.4. The van der Waals surface area contributed by atoms with Crippen molar-refractivity contribution >= 4 is 43.6 Å². The molecule has 4 rings (SSSR count). The van der Waals surface area contributed by atoms with Gasteiger partial charge in [-0.1, -0.05) is 23.2 Å². The van der Waals surface area contributed by atoms with Crippen LogP contribution in [0.15, 0.2) is 46.9 Å². The molecule has 1 aliphatic rings. The van der Waals surface area contributed by atoms with Gasteiger partial charge in [-0.3, -0.25) is 9.59 Å². The van der Waals surface area contributed by atoms with Crippen molar-refractivity contribution in [1.29, 1.82) is 0 Å². The summed E-state index contributed by atoms with van der Waals surface area (Å²) in [5, 5.41) is 11.4. The van der Waals surface area contributed by atoms with E-state index < -0.39 is 26.7 Å². The van der Waals surface area contributed by atoms with E-state index in [1.54, 1.807) is 24.3 Å². The first-order valence-electron chi connectivity index (χ1n) is 9.53. The zero-order valence-corrected chi connectivity index (χ0v) is 18.9. The van der Waals surface area contributed by atoms with Crippen LogP contribution in [0, 0.1) is 5.82 Å². The number of aromatic nitrogens is 2. The predicted octanol–water partition coefficient (Wildman–Crippen LogP) is 4.11. The van der Waals surface area contributed by atoms with Crippen molar-refractivity contribution in [3.05, 3.63) is 64.2 Å². The van der Waals surface area contributed by atoms with Crippen LogP contribution in [0.1, 0.15) is 18.4 Å². The van der Waals surface area contributed by atoms with Crippen molar-refractivity contribution in [2.75, 3.05) is 6.61 Å². The summed E-state index contributed by atoms with van der Waals surface area (Å²) in [5.74, 6) is -0.324. The molecule has 1 atom stereocenters. The van der Waals surface area contributed by atoms with Gasteiger partial charge in [0.05, 0.1) is 5.02 Å². The van der Waals surface area contributed by atoms with Crippen molar-refractivity contribution in [3.63, 3.8) is 0 Å². The number of benzene rings is 2. The van der Waals surface area contributed by atoms with Crippen LogP contribution in [0.2, 0.25) is 16.1 Å². The van der Waals surface area contributed by atoms with Gasteiger partial charge < -0.3 is 19.5 Å². The first-order chi connectivity index (χ1) is 15.4. The minimum absolute atomic E-state index is 0.0396. The summed E-state index contributed by atoms with van der Waals surface area (Å²) >= 11 is 11.5. The Bertz CT molecular complexity index is 1140. The largest absolute Gasteiger partial charge is 0.484 e. The van der Waals surface area contributed by atoms with Crippen LogP contribution in [0.3, 0.4) is 0 Å². The van der Waals surface area contributed by atoms with Crippen LogP contribution in [0.5, 0.6) is 5.75 Å². The van der Waals surface area contributed by atoms with E-state index in [4.69, 9.17) is 32.4 Å². The summed E-state index contributed by atoms with van der Waals surface area (Å²) in [5.41, 5.74) is 0.441. The third-order valence-electron chi connectivity index (χ3n) is 4.64. The summed E-state index contributed by atoms with van der Waals surface area (Å²) in [4.78, 5) is 27.4. The van der Waals surface area contributed by atoms with Crippen molar-refractivity contribution in [1.82, 2.24) is 20.5 Å². The Balaban J connectivity index is 1.29. The Labute approximate surface area is 193 Å². The Morgan fingerprint density at radius 1 is 1.25 bits per heavy atom. The Morgan fingerprint density at radius 3 is 2.75 bits per heavy atom. The minimum atomic E-state index is -1.86. The molecule has 32 heavy (non-hydrogen) atoms. The van der Waals surface area contributed by atoms with E-state index in [1.165, 1.54) is 12.1 Å². The van der Waals surface area contributed by atoms with Gasteiger partial charge >= 0.3 is 0 Å². The number of halogens is 3. The zero-order valence-electron chi connectivity index (χ0n) is 16.4. The fourth-order valence-electron chi connectivity index (χ4n) is 3.03. The fraction of sp³-hybridized carbons (Fsp3) is 0.200. The molecular weight excluding hydrogens is 478 g/mol. The molecule has 12 heteroatoms. The number of nitrogens with zero attached hydrogens (tertiary/aromatic N) is 2.